The molecule has 0 spiro atoms. The standard InChI is InChI=1S/C14H29N3O2/c1-14(2,3)19-13(18)17-9-7-6-8-11(17)12(10-15)16(4)5/h11-12H,6-10,15H2,1-5H3. The van der Waals surface area contributed by atoms with Crippen LogP contribution in [0.25, 0.3) is 0 Å². The van der Waals surface area contributed by atoms with Gasteiger partial charge in [-0.2, -0.15) is 0 Å². The number of nitrogens with zero attached hydrogens (tertiary/aromatic N) is 2. The van der Waals surface area contributed by atoms with Gasteiger partial charge in [-0.25, -0.2) is 4.79 Å². The van der Waals surface area contributed by atoms with Crippen LogP contribution in [0.1, 0.15) is 40.0 Å². The summed E-state index contributed by atoms with van der Waals surface area (Å²) in [5.41, 5.74) is 5.42. The molecule has 19 heavy (non-hydrogen) atoms. The van der Waals surface area contributed by atoms with Crippen LogP contribution in [-0.2, 0) is 4.74 Å². The largest absolute Gasteiger partial charge is 0.444 e. The second-order valence-electron chi connectivity index (χ2n) is 6.50. The molecule has 1 saturated heterocycles. The fraction of sp³-hybridized carbons (Fsp3) is 0.929. The van der Waals surface area contributed by atoms with E-state index in [-0.39, 0.29) is 18.2 Å². The molecule has 2 unspecified atom stereocenters. The van der Waals surface area contributed by atoms with Gasteiger partial charge >= 0.3 is 6.09 Å². The van der Waals surface area contributed by atoms with Gasteiger partial charge in [0.2, 0.25) is 0 Å². The van der Waals surface area contributed by atoms with Gasteiger partial charge in [0.25, 0.3) is 0 Å². The number of hydrogen-bond acceptors (Lipinski definition) is 4. The van der Waals surface area contributed by atoms with Gasteiger partial charge in [0.05, 0.1) is 6.04 Å². The highest BCUT2D eigenvalue weighted by Crippen LogP contribution is 2.23. The lowest BCUT2D eigenvalue weighted by atomic mass is 9.95. The Hall–Kier alpha value is -0.810. The number of carbonyl (C=O) groups is 1. The Kier molecular flexibility index (Phi) is 5.62. The fourth-order valence-corrected chi connectivity index (χ4v) is 2.62. The SMILES string of the molecule is CN(C)C(CN)C1CCCCN1C(=O)OC(C)(C)C. The molecule has 0 bridgehead atoms. The molecule has 0 aromatic heterocycles. The first-order valence-corrected chi connectivity index (χ1v) is 7.12. The number of hydrogen-bond donors (Lipinski definition) is 1. The normalized spacial score (nSPS) is 22.5. The average molecular weight is 271 g/mol. The Morgan fingerprint density at radius 3 is 2.53 bits per heavy atom. The van der Waals surface area contributed by atoms with E-state index < -0.39 is 5.60 Å². The Balaban J connectivity index is 2.79. The number of carbonyl (C=O) groups excluding carboxylic acids is 1. The third-order valence-electron chi connectivity index (χ3n) is 3.53. The van der Waals surface area contributed by atoms with Crippen molar-refractivity contribution < 1.29 is 9.53 Å². The van der Waals surface area contributed by atoms with Crippen LogP contribution in [0.4, 0.5) is 4.79 Å². The highest BCUT2D eigenvalue weighted by atomic mass is 16.6. The molecule has 0 radical (unpaired) electrons. The van der Waals surface area contributed by atoms with Crippen LogP contribution in [0.5, 0.6) is 0 Å². The van der Waals surface area contributed by atoms with E-state index >= 15 is 0 Å². The molecule has 1 amide bonds. The highest BCUT2D eigenvalue weighted by molar-refractivity contribution is 5.68. The smallest absolute Gasteiger partial charge is 0.410 e. The van der Waals surface area contributed by atoms with Crippen molar-refractivity contribution in [1.82, 2.24) is 9.80 Å². The van der Waals surface area contributed by atoms with E-state index in [0.717, 1.165) is 25.8 Å². The van der Waals surface area contributed by atoms with Crippen molar-refractivity contribution in [3.05, 3.63) is 0 Å². The lowest BCUT2D eigenvalue weighted by Gasteiger charge is -2.42. The molecule has 2 N–H and O–H groups in total. The van der Waals surface area contributed by atoms with E-state index in [4.69, 9.17) is 10.5 Å². The number of amides is 1. The van der Waals surface area contributed by atoms with Gasteiger partial charge in [-0.05, 0) is 54.1 Å². The molecule has 1 heterocycles. The van der Waals surface area contributed by atoms with Crippen LogP contribution >= 0.6 is 0 Å². The average Bonchev–Trinajstić information content (AvgIpc) is 2.27. The molecule has 0 aromatic rings. The predicted octanol–water partition coefficient (Wildman–Crippen LogP) is 1.66. The Morgan fingerprint density at radius 2 is 2.05 bits per heavy atom. The summed E-state index contributed by atoms with van der Waals surface area (Å²) in [6.07, 6.45) is 2.98. The minimum absolute atomic E-state index is 0.156. The topological polar surface area (TPSA) is 58.8 Å². The third kappa shape index (κ3) is 4.66. The maximum absolute atomic E-state index is 12.3. The predicted molar refractivity (Wildman–Crippen MR) is 77.1 cm³/mol. The monoisotopic (exact) mass is 271 g/mol. The minimum Gasteiger partial charge on any atom is -0.444 e. The van der Waals surface area contributed by atoms with Crippen molar-refractivity contribution in [2.24, 2.45) is 5.73 Å². The molecular weight excluding hydrogens is 242 g/mol. The fourth-order valence-electron chi connectivity index (χ4n) is 2.62. The van der Waals surface area contributed by atoms with E-state index in [1.54, 1.807) is 0 Å². The third-order valence-corrected chi connectivity index (χ3v) is 3.53. The second-order valence-corrected chi connectivity index (χ2v) is 6.50. The lowest BCUT2D eigenvalue weighted by Crippen LogP contribution is -2.57. The molecule has 112 valence electrons. The molecule has 0 saturated carbocycles. The van der Waals surface area contributed by atoms with Crippen LogP contribution in [0.15, 0.2) is 0 Å². The van der Waals surface area contributed by atoms with Gasteiger partial charge < -0.3 is 20.3 Å². The van der Waals surface area contributed by atoms with Crippen LogP contribution in [-0.4, -0.2) is 60.8 Å². The number of ether oxygens (including phenoxy) is 1. The maximum atomic E-state index is 12.3. The summed E-state index contributed by atoms with van der Waals surface area (Å²) in [6.45, 7) is 7.02. The van der Waals surface area contributed by atoms with E-state index in [9.17, 15) is 4.79 Å². The Bertz CT molecular complexity index is 300. The van der Waals surface area contributed by atoms with Gasteiger partial charge in [-0.1, -0.05) is 0 Å². The molecular formula is C14H29N3O2. The second kappa shape index (κ2) is 6.57. The molecule has 5 nitrogen and oxygen atoms in total. The van der Waals surface area contributed by atoms with Gasteiger partial charge in [0.15, 0.2) is 0 Å². The summed E-state index contributed by atoms with van der Waals surface area (Å²) in [4.78, 5) is 16.3. The zero-order valence-corrected chi connectivity index (χ0v) is 13.0. The van der Waals surface area contributed by atoms with Crippen molar-refractivity contribution in [3.8, 4) is 0 Å². The van der Waals surface area contributed by atoms with Crippen LogP contribution < -0.4 is 5.73 Å². The van der Waals surface area contributed by atoms with E-state index in [2.05, 4.69) is 4.90 Å². The zero-order chi connectivity index (χ0) is 14.6. The molecule has 1 aliphatic heterocycles. The van der Waals surface area contributed by atoms with Gasteiger partial charge in [0.1, 0.15) is 5.60 Å². The van der Waals surface area contributed by atoms with Crippen molar-refractivity contribution in [3.63, 3.8) is 0 Å². The summed E-state index contributed by atoms with van der Waals surface area (Å²) < 4.78 is 5.51. The van der Waals surface area contributed by atoms with Crippen molar-refractivity contribution in [2.75, 3.05) is 27.2 Å². The number of rotatable bonds is 3. The zero-order valence-electron chi connectivity index (χ0n) is 13.0. The maximum Gasteiger partial charge on any atom is 0.410 e. The Morgan fingerprint density at radius 1 is 1.42 bits per heavy atom. The van der Waals surface area contributed by atoms with Crippen LogP contribution in [0.2, 0.25) is 0 Å². The summed E-state index contributed by atoms with van der Waals surface area (Å²) >= 11 is 0. The molecule has 1 aliphatic rings. The summed E-state index contributed by atoms with van der Waals surface area (Å²) in [7, 11) is 4.03. The molecule has 5 heteroatoms. The first kappa shape index (κ1) is 16.2. The summed E-state index contributed by atoms with van der Waals surface area (Å²) in [6, 6.07) is 0.344. The van der Waals surface area contributed by atoms with Gasteiger partial charge in [-0.3, -0.25) is 0 Å². The lowest BCUT2D eigenvalue weighted by molar-refractivity contribution is -0.00125. The number of likely N-dealkylation sites (N-methyl/N-ethyl adjacent to an activating group) is 1. The van der Waals surface area contributed by atoms with Gasteiger partial charge in [-0.15, -0.1) is 0 Å². The molecule has 0 aromatic carbocycles. The van der Waals surface area contributed by atoms with E-state index in [1.165, 1.54) is 0 Å². The molecule has 1 fully saturated rings. The molecule has 0 aliphatic carbocycles. The minimum atomic E-state index is -0.449. The first-order valence-electron chi connectivity index (χ1n) is 7.12. The van der Waals surface area contributed by atoms with Crippen molar-refractivity contribution in [1.29, 1.82) is 0 Å². The van der Waals surface area contributed by atoms with E-state index in [1.807, 2.05) is 39.8 Å². The Labute approximate surface area is 117 Å². The van der Waals surface area contributed by atoms with Gasteiger partial charge in [0, 0.05) is 19.1 Å². The van der Waals surface area contributed by atoms with Crippen molar-refractivity contribution in [2.45, 2.75) is 57.7 Å². The summed E-state index contributed by atoms with van der Waals surface area (Å²) in [5, 5.41) is 0. The van der Waals surface area contributed by atoms with E-state index in [0.29, 0.717) is 6.54 Å². The quantitative estimate of drug-likeness (QED) is 0.848. The van der Waals surface area contributed by atoms with Crippen molar-refractivity contribution >= 4 is 6.09 Å². The molecule has 1 rings (SSSR count). The number of nitrogens with two attached hydrogens (primary N) is 1. The van der Waals surface area contributed by atoms with Crippen LogP contribution in [0.3, 0.4) is 0 Å². The first-order chi connectivity index (χ1) is 8.76. The number of likely N-dealkylation sites (tertiary alicyclic amines) is 1. The number of piperidine rings is 1. The summed E-state index contributed by atoms with van der Waals surface area (Å²) in [5.74, 6) is 0. The molecule has 2 atom stereocenters. The van der Waals surface area contributed by atoms with Crippen LogP contribution in [0, 0.1) is 0 Å². The highest BCUT2D eigenvalue weighted by Gasteiger charge is 2.35.